The number of rotatable bonds is 6. The minimum absolute atomic E-state index is 0.115. The number of thiazole rings is 1. The molecule has 0 aliphatic heterocycles. The van der Waals surface area contributed by atoms with Crippen molar-refractivity contribution in [2.45, 2.75) is 11.4 Å². The summed E-state index contributed by atoms with van der Waals surface area (Å²) >= 11 is 1.47. The average Bonchev–Trinajstić information content (AvgIpc) is 2.91. The molecule has 2 aromatic rings. The van der Waals surface area contributed by atoms with Crippen LogP contribution in [0.15, 0.2) is 34.2 Å². The predicted octanol–water partition coefficient (Wildman–Crippen LogP) is 0.345. The van der Waals surface area contributed by atoms with Crippen LogP contribution in [0.3, 0.4) is 0 Å². The van der Waals surface area contributed by atoms with Crippen LogP contribution >= 0.6 is 11.3 Å². The molecule has 0 fully saturated rings. The van der Waals surface area contributed by atoms with Gasteiger partial charge >= 0.3 is 0 Å². The van der Waals surface area contributed by atoms with Crippen molar-refractivity contribution in [2.24, 2.45) is 5.84 Å². The summed E-state index contributed by atoms with van der Waals surface area (Å²) in [6.07, 6.45) is 1.93. The molecule has 0 amide bonds. The number of nitrogens with two attached hydrogens (primary N) is 1. The third kappa shape index (κ3) is 3.47. The molecule has 7 nitrogen and oxygen atoms in total. The van der Waals surface area contributed by atoms with E-state index in [9.17, 15) is 8.42 Å². The molecule has 102 valence electrons. The SMILES string of the molecule is NNc1cccnc1S(=O)(=O)NCCc1cscn1. The zero-order chi connectivity index (χ0) is 13.7. The van der Waals surface area contributed by atoms with E-state index in [0.717, 1.165) is 5.69 Å². The Morgan fingerprint density at radius 3 is 2.89 bits per heavy atom. The van der Waals surface area contributed by atoms with Crippen LogP contribution in [0.5, 0.6) is 0 Å². The third-order valence-corrected chi connectivity index (χ3v) is 4.39. The highest BCUT2D eigenvalue weighted by Crippen LogP contribution is 2.16. The highest BCUT2D eigenvalue weighted by molar-refractivity contribution is 7.89. The second-order valence-electron chi connectivity index (χ2n) is 3.63. The van der Waals surface area contributed by atoms with Crippen LogP contribution in [0.2, 0.25) is 0 Å². The van der Waals surface area contributed by atoms with Crippen molar-refractivity contribution >= 4 is 27.0 Å². The Labute approximate surface area is 114 Å². The van der Waals surface area contributed by atoms with Crippen molar-refractivity contribution in [1.29, 1.82) is 0 Å². The first-order chi connectivity index (χ1) is 9.13. The fraction of sp³-hybridized carbons (Fsp3) is 0.200. The number of hydrazine groups is 1. The van der Waals surface area contributed by atoms with E-state index in [2.05, 4.69) is 20.1 Å². The molecule has 0 radical (unpaired) electrons. The van der Waals surface area contributed by atoms with Gasteiger partial charge in [-0.3, -0.25) is 5.84 Å². The molecule has 0 saturated heterocycles. The van der Waals surface area contributed by atoms with E-state index in [1.807, 2.05) is 5.38 Å². The molecule has 2 aromatic heterocycles. The molecule has 0 aliphatic rings. The Bertz CT molecular complexity index is 627. The lowest BCUT2D eigenvalue weighted by atomic mass is 10.3. The second-order valence-corrected chi connectivity index (χ2v) is 6.03. The first-order valence-electron chi connectivity index (χ1n) is 5.42. The first-order valence-corrected chi connectivity index (χ1v) is 7.84. The maximum absolute atomic E-state index is 12.1. The highest BCUT2D eigenvalue weighted by atomic mass is 32.2. The van der Waals surface area contributed by atoms with Crippen LogP contribution in [-0.2, 0) is 16.4 Å². The van der Waals surface area contributed by atoms with Gasteiger partial charge in [0.05, 0.1) is 16.9 Å². The fourth-order valence-electron chi connectivity index (χ4n) is 1.46. The molecule has 2 rings (SSSR count). The van der Waals surface area contributed by atoms with E-state index < -0.39 is 10.0 Å². The van der Waals surface area contributed by atoms with Crippen molar-refractivity contribution in [3.05, 3.63) is 34.9 Å². The predicted molar refractivity (Wildman–Crippen MR) is 73.1 cm³/mol. The van der Waals surface area contributed by atoms with E-state index in [4.69, 9.17) is 5.84 Å². The van der Waals surface area contributed by atoms with Gasteiger partial charge in [0, 0.05) is 24.5 Å². The number of hydrogen-bond acceptors (Lipinski definition) is 7. The topological polar surface area (TPSA) is 110 Å². The average molecular weight is 299 g/mol. The van der Waals surface area contributed by atoms with Gasteiger partial charge < -0.3 is 5.43 Å². The van der Waals surface area contributed by atoms with Gasteiger partial charge in [0.15, 0.2) is 5.03 Å². The van der Waals surface area contributed by atoms with Crippen molar-refractivity contribution in [2.75, 3.05) is 12.0 Å². The van der Waals surface area contributed by atoms with Crippen LogP contribution < -0.4 is 16.0 Å². The summed E-state index contributed by atoms with van der Waals surface area (Å²) in [5, 5.41) is 1.76. The van der Waals surface area contributed by atoms with Gasteiger partial charge in [-0.15, -0.1) is 11.3 Å². The minimum atomic E-state index is -3.68. The molecule has 2 heterocycles. The smallest absolute Gasteiger partial charge is 0.260 e. The van der Waals surface area contributed by atoms with Gasteiger partial charge in [0.25, 0.3) is 10.0 Å². The number of aromatic nitrogens is 2. The number of pyridine rings is 1. The molecule has 9 heteroatoms. The normalized spacial score (nSPS) is 11.4. The summed E-state index contributed by atoms with van der Waals surface area (Å²) in [7, 11) is -3.68. The molecule has 0 bridgehead atoms. The molecule has 4 N–H and O–H groups in total. The Kier molecular flexibility index (Phi) is 4.43. The number of hydrogen-bond donors (Lipinski definition) is 3. The number of anilines is 1. The Balaban J connectivity index is 2.05. The zero-order valence-electron chi connectivity index (χ0n) is 9.91. The standard InChI is InChI=1S/C10H13N5O2S2/c11-15-9-2-1-4-12-10(9)19(16,17)14-5-3-8-6-18-7-13-8/h1-2,4,6-7,14-15H,3,5,11H2. The van der Waals surface area contributed by atoms with Crippen molar-refractivity contribution in [3.63, 3.8) is 0 Å². The molecule has 0 spiro atoms. The lowest BCUT2D eigenvalue weighted by molar-refractivity contribution is 0.578. The van der Waals surface area contributed by atoms with Gasteiger partial charge in [0.2, 0.25) is 0 Å². The van der Waals surface area contributed by atoms with Crippen LogP contribution in [0.1, 0.15) is 5.69 Å². The van der Waals surface area contributed by atoms with Crippen molar-refractivity contribution in [1.82, 2.24) is 14.7 Å². The number of nitrogen functional groups attached to an aromatic ring is 1. The fourth-order valence-corrected chi connectivity index (χ4v) is 3.17. The molecular weight excluding hydrogens is 286 g/mol. The molecule has 0 aromatic carbocycles. The lowest BCUT2D eigenvalue weighted by Gasteiger charge is -2.09. The largest absolute Gasteiger partial charge is 0.321 e. The summed E-state index contributed by atoms with van der Waals surface area (Å²) in [6, 6.07) is 3.14. The molecule has 0 aliphatic carbocycles. The molecule has 0 atom stereocenters. The van der Waals surface area contributed by atoms with E-state index >= 15 is 0 Å². The molecule has 0 saturated carbocycles. The van der Waals surface area contributed by atoms with E-state index in [-0.39, 0.29) is 17.3 Å². The first kappa shape index (κ1) is 13.9. The molecule has 19 heavy (non-hydrogen) atoms. The van der Waals surface area contributed by atoms with E-state index in [1.54, 1.807) is 17.6 Å². The number of nitrogens with zero attached hydrogens (tertiary/aromatic N) is 2. The van der Waals surface area contributed by atoms with Crippen molar-refractivity contribution < 1.29 is 8.42 Å². The van der Waals surface area contributed by atoms with E-state index in [0.29, 0.717) is 6.42 Å². The quantitative estimate of drug-likeness (QED) is 0.524. The Hall–Kier alpha value is -1.55. The maximum Gasteiger partial charge on any atom is 0.260 e. The van der Waals surface area contributed by atoms with Gasteiger partial charge in [-0.1, -0.05) is 0 Å². The van der Waals surface area contributed by atoms with Crippen LogP contribution in [0, 0.1) is 0 Å². The number of sulfonamides is 1. The summed E-state index contributed by atoms with van der Waals surface area (Å²) in [5.74, 6) is 5.26. The summed E-state index contributed by atoms with van der Waals surface area (Å²) in [4.78, 5) is 7.91. The van der Waals surface area contributed by atoms with Crippen LogP contribution in [0.4, 0.5) is 5.69 Å². The second kappa shape index (κ2) is 6.06. The maximum atomic E-state index is 12.1. The number of nitrogens with one attached hydrogen (secondary N) is 2. The molecular formula is C10H13N5O2S2. The Morgan fingerprint density at radius 1 is 1.37 bits per heavy atom. The summed E-state index contributed by atoms with van der Waals surface area (Å²) < 4.78 is 26.6. The van der Waals surface area contributed by atoms with E-state index in [1.165, 1.54) is 17.5 Å². The van der Waals surface area contributed by atoms with Gasteiger partial charge in [-0.05, 0) is 12.1 Å². The Morgan fingerprint density at radius 2 is 2.21 bits per heavy atom. The highest BCUT2D eigenvalue weighted by Gasteiger charge is 2.19. The zero-order valence-corrected chi connectivity index (χ0v) is 11.5. The summed E-state index contributed by atoms with van der Waals surface area (Å²) in [6.45, 7) is 0.257. The lowest BCUT2D eigenvalue weighted by Crippen LogP contribution is -2.28. The van der Waals surface area contributed by atoms with Crippen LogP contribution in [-0.4, -0.2) is 24.9 Å². The van der Waals surface area contributed by atoms with Gasteiger partial charge in [-0.2, -0.15) is 0 Å². The van der Waals surface area contributed by atoms with Gasteiger partial charge in [0.1, 0.15) is 0 Å². The molecule has 0 unspecified atom stereocenters. The third-order valence-electron chi connectivity index (χ3n) is 2.34. The van der Waals surface area contributed by atoms with Crippen LogP contribution in [0.25, 0.3) is 0 Å². The summed E-state index contributed by atoms with van der Waals surface area (Å²) in [5.41, 5.74) is 5.13. The monoisotopic (exact) mass is 299 g/mol. The van der Waals surface area contributed by atoms with Crippen molar-refractivity contribution in [3.8, 4) is 0 Å². The van der Waals surface area contributed by atoms with Gasteiger partial charge in [-0.25, -0.2) is 23.1 Å². The minimum Gasteiger partial charge on any atom is -0.321 e.